The smallest absolute Gasteiger partial charge is 0.307 e. The highest BCUT2D eigenvalue weighted by Gasteiger charge is 2.21. The van der Waals surface area contributed by atoms with Crippen molar-refractivity contribution in [2.24, 2.45) is 0 Å². The molecule has 6 heteroatoms. The second-order valence-electron chi connectivity index (χ2n) is 3.88. The van der Waals surface area contributed by atoms with Crippen LogP contribution >= 0.6 is 0 Å². The van der Waals surface area contributed by atoms with Crippen LogP contribution in [0.1, 0.15) is 23.7 Å². The third-order valence-electron chi connectivity index (χ3n) is 2.48. The Balaban J connectivity index is 2.70. The average Bonchev–Trinajstić information content (AvgIpc) is 2.36. The highest BCUT2D eigenvalue weighted by molar-refractivity contribution is 5.94. The molecule has 1 rings (SSSR count). The zero-order valence-electron chi connectivity index (χ0n) is 10.8. The summed E-state index contributed by atoms with van der Waals surface area (Å²) in [6.45, 7) is 1.95. The van der Waals surface area contributed by atoms with Crippen molar-refractivity contribution >= 4 is 11.9 Å². The van der Waals surface area contributed by atoms with Gasteiger partial charge in [-0.15, -0.1) is 0 Å². The topological polar surface area (TPSA) is 46.6 Å². The standard InChI is InChI=1S/C13H15F2NO3/c1-3-19-11(17)7-8-16(2)13(18)12-9(14)5-4-6-10(12)15/h4-6H,3,7-8H2,1-2H3. The number of amides is 1. The normalized spacial score (nSPS) is 10.1. The summed E-state index contributed by atoms with van der Waals surface area (Å²) in [4.78, 5) is 24.1. The van der Waals surface area contributed by atoms with Gasteiger partial charge in [0.25, 0.3) is 5.91 Å². The Morgan fingerprint density at radius 1 is 1.26 bits per heavy atom. The van der Waals surface area contributed by atoms with E-state index in [0.29, 0.717) is 0 Å². The summed E-state index contributed by atoms with van der Waals surface area (Å²) < 4.78 is 31.5. The van der Waals surface area contributed by atoms with Gasteiger partial charge >= 0.3 is 5.97 Å². The molecular formula is C13H15F2NO3. The van der Waals surface area contributed by atoms with Crippen LogP contribution in [0.15, 0.2) is 18.2 Å². The van der Waals surface area contributed by atoms with Crippen molar-refractivity contribution in [3.05, 3.63) is 35.4 Å². The van der Waals surface area contributed by atoms with Crippen LogP contribution in [-0.4, -0.2) is 37.0 Å². The molecule has 0 spiro atoms. The van der Waals surface area contributed by atoms with Gasteiger partial charge in [0, 0.05) is 13.6 Å². The summed E-state index contributed by atoms with van der Waals surface area (Å²) in [6, 6.07) is 3.20. The lowest BCUT2D eigenvalue weighted by atomic mass is 10.1. The molecule has 19 heavy (non-hydrogen) atoms. The van der Waals surface area contributed by atoms with Gasteiger partial charge in [-0.2, -0.15) is 0 Å². The Morgan fingerprint density at radius 3 is 2.37 bits per heavy atom. The monoisotopic (exact) mass is 271 g/mol. The second kappa shape index (κ2) is 6.82. The average molecular weight is 271 g/mol. The highest BCUT2D eigenvalue weighted by Crippen LogP contribution is 2.14. The molecule has 1 aromatic carbocycles. The molecular weight excluding hydrogens is 256 g/mol. The van der Waals surface area contributed by atoms with E-state index in [1.165, 1.54) is 13.1 Å². The number of esters is 1. The Morgan fingerprint density at radius 2 is 1.84 bits per heavy atom. The van der Waals surface area contributed by atoms with Gasteiger partial charge < -0.3 is 9.64 Å². The molecule has 0 fully saturated rings. The zero-order chi connectivity index (χ0) is 14.4. The summed E-state index contributed by atoms with van der Waals surface area (Å²) >= 11 is 0. The van der Waals surface area contributed by atoms with Crippen molar-refractivity contribution in [2.75, 3.05) is 20.2 Å². The molecule has 0 aliphatic heterocycles. The van der Waals surface area contributed by atoms with Crippen LogP contribution in [0.3, 0.4) is 0 Å². The summed E-state index contributed by atoms with van der Waals surface area (Å²) in [7, 11) is 1.37. The van der Waals surface area contributed by atoms with Crippen LogP contribution in [0.4, 0.5) is 8.78 Å². The lowest BCUT2D eigenvalue weighted by Gasteiger charge is -2.17. The van der Waals surface area contributed by atoms with Gasteiger partial charge in [-0.1, -0.05) is 6.07 Å². The van der Waals surface area contributed by atoms with E-state index in [1.807, 2.05) is 0 Å². The van der Waals surface area contributed by atoms with Crippen LogP contribution in [0.25, 0.3) is 0 Å². The van der Waals surface area contributed by atoms with Crippen LogP contribution in [0.2, 0.25) is 0 Å². The number of carbonyl (C=O) groups is 2. The molecule has 0 saturated heterocycles. The maximum absolute atomic E-state index is 13.4. The fraction of sp³-hybridized carbons (Fsp3) is 0.385. The predicted molar refractivity (Wildman–Crippen MR) is 64.6 cm³/mol. The predicted octanol–water partition coefficient (Wildman–Crippen LogP) is 1.99. The number of halogens is 2. The second-order valence-corrected chi connectivity index (χ2v) is 3.88. The van der Waals surface area contributed by atoms with Gasteiger partial charge in [0.1, 0.15) is 17.2 Å². The third kappa shape index (κ3) is 4.01. The molecule has 1 amide bonds. The molecule has 0 radical (unpaired) electrons. The van der Waals surface area contributed by atoms with E-state index in [1.54, 1.807) is 6.92 Å². The SMILES string of the molecule is CCOC(=O)CCN(C)C(=O)c1c(F)cccc1F. The van der Waals surface area contributed by atoms with Crippen molar-refractivity contribution < 1.29 is 23.1 Å². The van der Waals surface area contributed by atoms with Gasteiger partial charge in [0.15, 0.2) is 0 Å². The number of ether oxygens (including phenoxy) is 1. The molecule has 0 bridgehead atoms. The molecule has 0 N–H and O–H groups in total. The first-order chi connectivity index (χ1) is 8.97. The minimum atomic E-state index is -0.923. The van der Waals surface area contributed by atoms with Gasteiger partial charge in [-0.05, 0) is 19.1 Å². The number of carbonyl (C=O) groups excluding carboxylic acids is 2. The van der Waals surface area contributed by atoms with E-state index >= 15 is 0 Å². The Bertz CT molecular complexity index is 457. The van der Waals surface area contributed by atoms with Crippen LogP contribution in [-0.2, 0) is 9.53 Å². The quantitative estimate of drug-likeness (QED) is 0.769. The molecule has 1 aromatic rings. The minimum absolute atomic E-state index is 0.0217. The van der Waals surface area contributed by atoms with E-state index in [0.717, 1.165) is 17.0 Å². The molecule has 0 aliphatic carbocycles. The van der Waals surface area contributed by atoms with Crippen molar-refractivity contribution in [3.63, 3.8) is 0 Å². The van der Waals surface area contributed by atoms with E-state index in [4.69, 9.17) is 4.74 Å². The first-order valence-electron chi connectivity index (χ1n) is 5.82. The molecule has 4 nitrogen and oxygen atoms in total. The number of nitrogens with zero attached hydrogens (tertiary/aromatic N) is 1. The summed E-state index contributed by atoms with van der Waals surface area (Å²) in [6.07, 6.45) is -0.0217. The van der Waals surface area contributed by atoms with Crippen LogP contribution in [0, 0.1) is 11.6 Å². The zero-order valence-corrected chi connectivity index (χ0v) is 10.8. The Hall–Kier alpha value is -1.98. The van der Waals surface area contributed by atoms with Gasteiger partial charge in [-0.3, -0.25) is 9.59 Å². The molecule has 0 saturated carbocycles. The number of benzene rings is 1. The molecule has 0 atom stereocenters. The van der Waals surface area contributed by atoms with Crippen molar-refractivity contribution in [3.8, 4) is 0 Å². The third-order valence-corrected chi connectivity index (χ3v) is 2.48. The molecule has 0 aromatic heterocycles. The van der Waals surface area contributed by atoms with E-state index in [2.05, 4.69) is 0 Å². The lowest BCUT2D eigenvalue weighted by molar-refractivity contribution is -0.143. The fourth-order valence-electron chi connectivity index (χ4n) is 1.49. The number of hydrogen-bond acceptors (Lipinski definition) is 3. The van der Waals surface area contributed by atoms with Gasteiger partial charge in [0.2, 0.25) is 0 Å². The van der Waals surface area contributed by atoms with E-state index < -0.39 is 29.1 Å². The van der Waals surface area contributed by atoms with Crippen molar-refractivity contribution in [1.82, 2.24) is 4.90 Å². The maximum Gasteiger partial charge on any atom is 0.307 e. The molecule has 104 valence electrons. The highest BCUT2D eigenvalue weighted by atomic mass is 19.1. The summed E-state index contributed by atoms with van der Waals surface area (Å²) in [5, 5.41) is 0. The maximum atomic E-state index is 13.4. The Kier molecular flexibility index (Phi) is 5.41. The van der Waals surface area contributed by atoms with E-state index in [-0.39, 0.29) is 19.6 Å². The Labute approximate surface area is 110 Å². The molecule has 0 aliphatic rings. The fourth-order valence-corrected chi connectivity index (χ4v) is 1.49. The lowest BCUT2D eigenvalue weighted by Crippen LogP contribution is -2.30. The van der Waals surface area contributed by atoms with Crippen LogP contribution < -0.4 is 0 Å². The summed E-state index contributed by atoms with van der Waals surface area (Å²) in [5.74, 6) is -3.11. The number of hydrogen-bond donors (Lipinski definition) is 0. The number of rotatable bonds is 5. The van der Waals surface area contributed by atoms with Gasteiger partial charge in [0.05, 0.1) is 13.0 Å². The minimum Gasteiger partial charge on any atom is -0.466 e. The summed E-state index contributed by atoms with van der Waals surface area (Å²) in [5.41, 5.74) is -0.617. The van der Waals surface area contributed by atoms with Crippen molar-refractivity contribution in [1.29, 1.82) is 0 Å². The van der Waals surface area contributed by atoms with Crippen LogP contribution in [0.5, 0.6) is 0 Å². The first-order valence-corrected chi connectivity index (χ1v) is 5.82. The van der Waals surface area contributed by atoms with E-state index in [9.17, 15) is 18.4 Å². The largest absolute Gasteiger partial charge is 0.466 e. The van der Waals surface area contributed by atoms with Crippen molar-refractivity contribution in [2.45, 2.75) is 13.3 Å². The first kappa shape index (κ1) is 15.1. The molecule has 0 heterocycles. The molecule has 0 unspecified atom stereocenters. The van der Waals surface area contributed by atoms with Gasteiger partial charge in [-0.25, -0.2) is 8.78 Å².